The number of aromatic nitrogens is 2. The lowest BCUT2D eigenvalue weighted by Gasteiger charge is -2.37. The lowest BCUT2D eigenvalue weighted by molar-refractivity contribution is -0.139. The number of ether oxygens (including phenoxy) is 1. The molecule has 0 radical (unpaired) electrons. The number of anilines is 1. The highest BCUT2D eigenvalue weighted by molar-refractivity contribution is 7.18. The molecule has 3 aromatic heterocycles. The number of morpholine rings is 1. The van der Waals surface area contributed by atoms with Gasteiger partial charge in [0, 0.05) is 42.0 Å². The van der Waals surface area contributed by atoms with Crippen LogP contribution in [0.2, 0.25) is 0 Å². The van der Waals surface area contributed by atoms with Gasteiger partial charge in [-0.05, 0) is 31.2 Å². The zero-order chi connectivity index (χ0) is 19.8. The monoisotopic (exact) mass is 428 g/mol. The van der Waals surface area contributed by atoms with Gasteiger partial charge in [0.15, 0.2) is 0 Å². The Morgan fingerprint density at radius 3 is 2.86 bits per heavy atom. The van der Waals surface area contributed by atoms with Gasteiger partial charge < -0.3 is 14.5 Å². The number of hydrogen-bond acceptors (Lipinski definition) is 7. The van der Waals surface area contributed by atoms with Crippen molar-refractivity contribution < 1.29 is 9.53 Å². The second-order valence-electron chi connectivity index (χ2n) is 7.62. The fourth-order valence-corrected chi connectivity index (χ4v) is 6.08. The summed E-state index contributed by atoms with van der Waals surface area (Å²) in [6, 6.07) is 4.23. The fourth-order valence-electron chi connectivity index (χ4n) is 4.28. The maximum absolute atomic E-state index is 13.1. The third-order valence-electron chi connectivity index (χ3n) is 5.71. The second-order valence-corrected chi connectivity index (χ2v) is 9.43. The van der Waals surface area contributed by atoms with Gasteiger partial charge in [-0.3, -0.25) is 4.79 Å². The molecule has 0 N–H and O–H groups in total. The Kier molecular flexibility index (Phi) is 5.24. The van der Waals surface area contributed by atoms with E-state index in [2.05, 4.69) is 32.8 Å². The van der Waals surface area contributed by atoms with Crippen LogP contribution < -0.4 is 4.90 Å². The minimum absolute atomic E-state index is 0.0241. The Hall–Kier alpha value is -2.03. The number of aryl methyl sites for hydroxylation is 1. The molecule has 0 spiro atoms. The average molecular weight is 429 g/mol. The molecule has 5 heterocycles. The second kappa shape index (κ2) is 8.01. The van der Waals surface area contributed by atoms with Crippen LogP contribution in [0.5, 0.6) is 0 Å². The summed E-state index contributed by atoms with van der Waals surface area (Å²) in [7, 11) is 0. The van der Waals surface area contributed by atoms with E-state index in [0.717, 1.165) is 47.8 Å². The summed E-state index contributed by atoms with van der Waals surface area (Å²) in [4.78, 5) is 29.2. The minimum Gasteiger partial charge on any atom is -0.378 e. The highest BCUT2D eigenvalue weighted by atomic mass is 32.1. The van der Waals surface area contributed by atoms with Crippen LogP contribution in [0.4, 0.5) is 5.82 Å². The Bertz CT molecular complexity index is 1010. The smallest absolute Gasteiger partial charge is 0.227 e. The average Bonchev–Trinajstić information content (AvgIpc) is 3.43. The quantitative estimate of drug-likeness (QED) is 0.635. The highest BCUT2D eigenvalue weighted by Crippen LogP contribution is 2.41. The van der Waals surface area contributed by atoms with E-state index in [1.807, 2.05) is 11.8 Å². The molecule has 6 nitrogen and oxygen atoms in total. The van der Waals surface area contributed by atoms with E-state index in [9.17, 15) is 4.79 Å². The van der Waals surface area contributed by atoms with Gasteiger partial charge in [0.1, 0.15) is 16.5 Å². The minimum atomic E-state index is 0.0241. The molecule has 0 aliphatic carbocycles. The molecule has 2 saturated heterocycles. The molecule has 1 atom stereocenters. The summed E-state index contributed by atoms with van der Waals surface area (Å²) >= 11 is 3.41. The van der Waals surface area contributed by atoms with Gasteiger partial charge in [0.05, 0.1) is 24.5 Å². The molecule has 0 aromatic carbocycles. The Morgan fingerprint density at radius 2 is 2.07 bits per heavy atom. The van der Waals surface area contributed by atoms with Crippen LogP contribution in [0.25, 0.3) is 20.7 Å². The van der Waals surface area contributed by atoms with Gasteiger partial charge in [0.25, 0.3) is 0 Å². The van der Waals surface area contributed by atoms with E-state index in [1.165, 1.54) is 10.4 Å². The normalized spacial score (nSPS) is 20.4. The van der Waals surface area contributed by atoms with Gasteiger partial charge in [-0.2, -0.15) is 0 Å². The van der Waals surface area contributed by atoms with E-state index < -0.39 is 0 Å². The first-order valence-corrected chi connectivity index (χ1v) is 11.9. The van der Waals surface area contributed by atoms with Crippen molar-refractivity contribution in [2.24, 2.45) is 5.92 Å². The number of amides is 1. The molecule has 1 unspecified atom stereocenters. The molecule has 5 rings (SSSR count). The number of nitrogens with zero attached hydrogens (tertiary/aromatic N) is 4. The van der Waals surface area contributed by atoms with E-state index in [0.29, 0.717) is 26.3 Å². The largest absolute Gasteiger partial charge is 0.378 e. The lowest BCUT2D eigenvalue weighted by Crippen LogP contribution is -2.48. The third-order valence-corrected chi connectivity index (χ3v) is 7.48. The number of rotatable bonds is 3. The summed E-state index contributed by atoms with van der Waals surface area (Å²) in [5, 5.41) is 5.42. The molecule has 3 aromatic rings. The molecular weight excluding hydrogens is 404 g/mol. The van der Waals surface area contributed by atoms with Crippen molar-refractivity contribution >= 4 is 44.6 Å². The molecular formula is C21H24N4O2S2. The zero-order valence-electron chi connectivity index (χ0n) is 16.5. The maximum Gasteiger partial charge on any atom is 0.227 e. The van der Waals surface area contributed by atoms with E-state index in [4.69, 9.17) is 9.72 Å². The van der Waals surface area contributed by atoms with Gasteiger partial charge in [-0.25, -0.2) is 9.97 Å². The van der Waals surface area contributed by atoms with E-state index in [1.54, 1.807) is 22.7 Å². The molecule has 2 fully saturated rings. The van der Waals surface area contributed by atoms with Gasteiger partial charge in [-0.15, -0.1) is 22.7 Å². The summed E-state index contributed by atoms with van der Waals surface area (Å²) in [6.45, 7) is 6.31. The van der Waals surface area contributed by atoms with Crippen LogP contribution in [-0.2, 0) is 9.53 Å². The predicted octanol–water partition coefficient (Wildman–Crippen LogP) is 3.80. The first kappa shape index (κ1) is 19.0. The number of carbonyl (C=O) groups is 1. The van der Waals surface area contributed by atoms with Crippen molar-refractivity contribution in [3.63, 3.8) is 0 Å². The van der Waals surface area contributed by atoms with Crippen LogP contribution in [0.3, 0.4) is 0 Å². The summed E-state index contributed by atoms with van der Waals surface area (Å²) in [6.07, 6.45) is 1.95. The Morgan fingerprint density at radius 1 is 1.21 bits per heavy atom. The molecule has 2 aliphatic heterocycles. The standard InChI is InChI=1S/C21H24N4O2S2/c1-14-22-19(18-16(13-29-20(18)23-14)17-5-3-11-28-17)25-6-2-4-15(12-25)21(26)24-7-9-27-10-8-24/h3,5,11,13,15H,2,4,6-10,12H2,1H3. The molecule has 29 heavy (non-hydrogen) atoms. The Labute approximate surface area is 178 Å². The molecule has 8 heteroatoms. The van der Waals surface area contributed by atoms with Crippen LogP contribution >= 0.6 is 22.7 Å². The van der Waals surface area contributed by atoms with Crippen LogP contribution in [-0.4, -0.2) is 60.2 Å². The SMILES string of the molecule is Cc1nc(N2CCCC(C(=O)N3CCOCC3)C2)c2c(-c3cccs3)csc2n1. The summed E-state index contributed by atoms with van der Waals surface area (Å²) in [5.41, 5.74) is 1.21. The van der Waals surface area contributed by atoms with Crippen LogP contribution in [0.15, 0.2) is 22.9 Å². The molecule has 0 bridgehead atoms. The third kappa shape index (κ3) is 3.65. The van der Waals surface area contributed by atoms with Gasteiger partial charge in [-0.1, -0.05) is 6.07 Å². The van der Waals surface area contributed by atoms with Crippen molar-refractivity contribution in [3.05, 3.63) is 28.7 Å². The highest BCUT2D eigenvalue weighted by Gasteiger charge is 2.32. The first-order valence-electron chi connectivity index (χ1n) is 10.1. The summed E-state index contributed by atoms with van der Waals surface area (Å²) < 4.78 is 5.41. The van der Waals surface area contributed by atoms with Crippen molar-refractivity contribution in [3.8, 4) is 10.4 Å². The number of piperidine rings is 1. The first-order chi connectivity index (χ1) is 14.2. The molecule has 1 amide bonds. The van der Waals surface area contributed by atoms with Crippen LogP contribution in [0.1, 0.15) is 18.7 Å². The summed E-state index contributed by atoms with van der Waals surface area (Å²) in [5.74, 6) is 2.06. The van der Waals surface area contributed by atoms with Crippen molar-refractivity contribution in [1.29, 1.82) is 0 Å². The number of thiophene rings is 2. The van der Waals surface area contributed by atoms with Crippen molar-refractivity contribution in [2.45, 2.75) is 19.8 Å². The topological polar surface area (TPSA) is 58.6 Å². The molecule has 152 valence electrons. The van der Waals surface area contributed by atoms with Crippen molar-refractivity contribution in [1.82, 2.24) is 14.9 Å². The number of hydrogen-bond donors (Lipinski definition) is 0. The number of carbonyl (C=O) groups excluding carboxylic acids is 1. The van der Waals surface area contributed by atoms with Crippen molar-refractivity contribution in [2.75, 3.05) is 44.3 Å². The number of fused-ring (bicyclic) bond motifs is 1. The van der Waals surface area contributed by atoms with Gasteiger partial charge >= 0.3 is 0 Å². The Balaban J connectivity index is 1.48. The van der Waals surface area contributed by atoms with E-state index >= 15 is 0 Å². The zero-order valence-corrected chi connectivity index (χ0v) is 18.1. The van der Waals surface area contributed by atoms with Crippen LogP contribution in [0, 0.1) is 12.8 Å². The lowest BCUT2D eigenvalue weighted by atomic mass is 9.96. The van der Waals surface area contributed by atoms with E-state index in [-0.39, 0.29) is 11.8 Å². The predicted molar refractivity (Wildman–Crippen MR) is 118 cm³/mol. The van der Waals surface area contributed by atoms with Gasteiger partial charge in [0.2, 0.25) is 5.91 Å². The fraction of sp³-hybridized carbons (Fsp3) is 0.476. The maximum atomic E-state index is 13.1. The molecule has 0 saturated carbocycles. The molecule has 2 aliphatic rings.